The fourth-order valence-electron chi connectivity index (χ4n) is 4.80. The maximum atomic E-state index is 13.8. The second kappa shape index (κ2) is 10.7. The summed E-state index contributed by atoms with van der Waals surface area (Å²) in [5.41, 5.74) is 3.10. The average molecular weight is 629 g/mol. The number of hydrogen-bond acceptors (Lipinski definition) is 8. The molecule has 0 amide bonds. The Kier molecular flexibility index (Phi) is 7.18. The van der Waals surface area contributed by atoms with Crippen molar-refractivity contribution in [2.24, 2.45) is 0 Å². The van der Waals surface area contributed by atoms with Crippen LogP contribution in [0.5, 0.6) is 5.75 Å². The number of benzene rings is 3. The number of aromatic nitrogens is 2. The van der Waals surface area contributed by atoms with Gasteiger partial charge in [0, 0.05) is 28.8 Å². The van der Waals surface area contributed by atoms with E-state index >= 15 is 0 Å². The van der Waals surface area contributed by atoms with Crippen molar-refractivity contribution in [3.8, 4) is 16.9 Å². The van der Waals surface area contributed by atoms with Gasteiger partial charge in [-0.3, -0.25) is 0 Å². The van der Waals surface area contributed by atoms with Crippen LogP contribution in [0.4, 0.5) is 0 Å². The van der Waals surface area contributed by atoms with Crippen molar-refractivity contribution in [2.75, 3.05) is 0 Å². The van der Waals surface area contributed by atoms with Gasteiger partial charge in [-0.25, -0.2) is 17.4 Å². The lowest BCUT2D eigenvalue weighted by Gasteiger charge is -2.15. The first kappa shape index (κ1) is 29.7. The topological polar surface area (TPSA) is 114 Å². The Morgan fingerprint density at radius 2 is 1.45 bits per heavy atom. The minimum Gasteiger partial charge on any atom is -0.534 e. The molecule has 0 unspecified atom stereocenters. The SMILES string of the molecule is C=C1OB(c2cnc3c(c2)c(-c2ccc(OS(=O)(=O)c4ccc(C)cc4)cc2)cn3S(=O)(=O)c2ccc(C)cc2)OC1(C)C. The van der Waals surface area contributed by atoms with E-state index in [1.807, 2.05) is 27.7 Å². The number of nitrogens with zero attached hydrogens (tertiary/aromatic N) is 2. The van der Waals surface area contributed by atoms with Gasteiger partial charge in [0.1, 0.15) is 16.2 Å². The zero-order valence-corrected chi connectivity index (χ0v) is 26.1. The van der Waals surface area contributed by atoms with Crippen LogP contribution in [-0.4, -0.2) is 38.5 Å². The quantitative estimate of drug-likeness (QED) is 0.175. The van der Waals surface area contributed by atoms with Crippen molar-refractivity contribution < 1.29 is 30.3 Å². The zero-order valence-electron chi connectivity index (χ0n) is 24.5. The Morgan fingerprint density at radius 3 is 2.02 bits per heavy atom. The summed E-state index contributed by atoms with van der Waals surface area (Å²) in [5, 5.41) is 0.529. The monoisotopic (exact) mass is 628 g/mol. The molecule has 12 heteroatoms. The molecule has 6 rings (SSSR count). The highest BCUT2D eigenvalue weighted by atomic mass is 32.2. The zero-order chi connectivity index (χ0) is 31.4. The van der Waals surface area contributed by atoms with E-state index in [1.54, 1.807) is 54.6 Å². The fraction of sp³-hybridized carbons (Fsp3) is 0.156. The summed E-state index contributed by atoms with van der Waals surface area (Å²) >= 11 is 0. The van der Waals surface area contributed by atoms with Crippen molar-refractivity contribution >= 4 is 43.8 Å². The molecule has 224 valence electrons. The third-order valence-corrected chi connectivity index (χ3v) is 10.4. The molecule has 9 nitrogen and oxygen atoms in total. The lowest BCUT2D eigenvalue weighted by molar-refractivity contribution is 0.173. The Bertz CT molecular complexity index is 2120. The van der Waals surface area contributed by atoms with E-state index in [-0.39, 0.29) is 21.2 Å². The van der Waals surface area contributed by atoms with Gasteiger partial charge in [0.15, 0.2) is 5.65 Å². The first-order valence-corrected chi connectivity index (χ1v) is 16.6. The maximum absolute atomic E-state index is 13.8. The maximum Gasteiger partial charge on any atom is 0.564 e. The van der Waals surface area contributed by atoms with Crippen molar-refractivity contribution in [3.63, 3.8) is 0 Å². The fourth-order valence-corrected chi connectivity index (χ4v) is 7.05. The van der Waals surface area contributed by atoms with E-state index in [4.69, 9.17) is 13.5 Å². The molecule has 3 aromatic carbocycles. The molecule has 5 aromatic rings. The Balaban J connectivity index is 1.43. The Morgan fingerprint density at radius 1 is 0.864 bits per heavy atom. The van der Waals surface area contributed by atoms with Gasteiger partial charge in [0.25, 0.3) is 10.0 Å². The molecule has 0 N–H and O–H groups in total. The predicted molar refractivity (Wildman–Crippen MR) is 169 cm³/mol. The Labute approximate surface area is 257 Å². The summed E-state index contributed by atoms with van der Waals surface area (Å²) in [6, 6.07) is 21.1. The smallest absolute Gasteiger partial charge is 0.534 e. The van der Waals surface area contributed by atoms with Gasteiger partial charge in [-0.15, -0.1) is 0 Å². The van der Waals surface area contributed by atoms with Crippen LogP contribution in [-0.2, 0) is 29.5 Å². The van der Waals surface area contributed by atoms with E-state index in [0.717, 1.165) is 15.1 Å². The van der Waals surface area contributed by atoms with Gasteiger partial charge in [-0.05, 0) is 75.7 Å². The Hall–Kier alpha value is -4.39. The summed E-state index contributed by atoms with van der Waals surface area (Å²) < 4.78 is 71.7. The number of pyridine rings is 1. The molecular formula is C32H29BN2O7S2. The molecule has 44 heavy (non-hydrogen) atoms. The molecule has 0 aliphatic carbocycles. The van der Waals surface area contributed by atoms with Crippen LogP contribution in [0.25, 0.3) is 22.2 Å². The van der Waals surface area contributed by atoms with Crippen LogP contribution in [0.15, 0.2) is 113 Å². The van der Waals surface area contributed by atoms with Crippen molar-refractivity contribution in [3.05, 3.63) is 115 Å². The molecule has 1 aliphatic heterocycles. The van der Waals surface area contributed by atoms with Crippen LogP contribution in [0.3, 0.4) is 0 Å². The molecule has 1 aliphatic rings. The highest BCUT2D eigenvalue weighted by Crippen LogP contribution is 2.34. The summed E-state index contributed by atoms with van der Waals surface area (Å²) in [6.45, 7) is 11.4. The number of fused-ring (bicyclic) bond motifs is 1. The third kappa shape index (κ3) is 5.40. The lowest BCUT2D eigenvalue weighted by Crippen LogP contribution is -2.34. The minimum atomic E-state index is -4.05. The van der Waals surface area contributed by atoms with E-state index in [2.05, 4.69) is 11.6 Å². The van der Waals surface area contributed by atoms with Crippen molar-refractivity contribution in [1.29, 1.82) is 0 Å². The van der Waals surface area contributed by atoms with Crippen LogP contribution < -0.4 is 9.65 Å². The van der Waals surface area contributed by atoms with E-state index < -0.39 is 32.9 Å². The standard InChI is InChI=1S/C32H29BN2O7S2/c1-21-6-14-27(15-7-21)43(36,37)35-20-30(29-18-25(19-34-31(29)35)33-40-23(3)32(4,5)42-33)24-10-12-26(13-11-24)41-44(38,39)28-16-8-22(2)9-17-28/h6-20H,3H2,1-2,4-5H3. The van der Waals surface area contributed by atoms with E-state index in [1.165, 1.54) is 36.7 Å². The van der Waals surface area contributed by atoms with Crippen LogP contribution >= 0.6 is 0 Å². The molecule has 1 fully saturated rings. The molecule has 0 radical (unpaired) electrons. The molecule has 3 heterocycles. The molecular weight excluding hydrogens is 599 g/mol. The number of hydrogen-bond donors (Lipinski definition) is 0. The molecule has 1 saturated heterocycles. The molecule has 0 atom stereocenters. The van der Waals surface area contributed by atoms with Gasteiger partial charge in [0.05, 0.1) is 10.7 Å². The second-order valence-electron chi connectivity index (χ2n) is 11.2. The number of rotatable bonds is 7. The number of aryl methyl sites for hydroxylation is 2. The summed E-state index contributed by atoms with van der Waals surface area (Å²) in [4.78, 5) is 4.70. The van der Waals surface area contributed by atoms with Crippen molar-refractivity contribution in [2.45, 2.75) is 43.1 Å². The van der Waals surface area contributed by atoms with Gasteiger partial charge < -0.3 is 13.5 Å². The van der Waals surface area contributed by atoms with Crippen LogP contribution in [0.2, 0.25) is 0 Å². The molecule has 2 aromatic heterocycles. The summed E-state index contributed by atoms with van der Waals surface area (Å²) in [6.07, 6.45) is 3.04. The van der Waals surface area contributed by atoms with Gasteiger partial charge >= 0.3 is 17.2 Å². The molecule has 0 bridgehead atoms. The van der Waals surface area contributed by atoms with E-state index in [0.29, 0.717) is 27.7 Å². The van der Waals surface area contributed by atoms with Crippen LogP contribution in [0, 0.1) is 13.8 Å². The predicted octanol–water partition coefficient (Wildman–Crippen LogP) is 5.36. The van der Waals surface area contributed by atoms with Crippen molar-refractivity contribution in [1.82, 2.24) is 8.96 Å². The van der Waals surface area contributed by atoms with Gasteiger partial charge in [-0.2, -0.15) is 8.42 Å². The van der Waals surface area contributed by atoms with Crippen LogP contribution in [0.1, 0.15) is 25.0 Å². The second-order valence-corrected chi connectivity index (χ2v) is 14.5. The molecule has 0 saturated carbocycles. The highest BCUT2D eigenvalue weighted by Gasteiger charge is 2.43. The highest BCUT2D eigenvalue weighted by molar-refractivity contribution is 7.90. The molecule has 0 spiro atoms. The van der Waals surface area contributed by atoms with E-state index in [9.17, 15) is 16.8 Å². The first-order valence-electron chi connectivity index (χ1n) is 13.7. The minimum absolute atomic E-state index is 0.0392. The summed E-state index contributed by atoms with van der Waals surface area (Å²) in [5.74, 6) is 0.580. The first-order chi connectivity index (χ1) is 20.7. The third-order valence-electron chi connectivity index (χ3n) is 7.49. The summed E-state index contributed by atoms with van der Waals surface area (Å²) in [7, 11) is -8.85. The lowest BCUT2D eigenvalue weighted by atomic mass is 9.80. The largest absolute Gasteiger partial charge is 0.564 e. The van der Waals surface area contributed by atoms with Gasteiger partial charge in [-0.1, -0.05) is 54.1 Å². The normalized spacial score (nSPS) is 15.0. The van der Waals surface area contributed by atoms with Gasteiger partial charge in [0.2, 0.25) is 0 Å². The average Bonchev–Trinajstić information content (AvgIpc) is 3.50.